The lowest BCUT2D eigenvalue weighted by Gasteiger charge is -2.24. The van der Waals surface area contributed by atoms with Crippen LogP contribution in [0, 0.1) is 30.6 Å². The minimum Gasteiger partial charge on any atom is -0.481 e. The van der Waals surface area contributed by atoms with Crippen molar-refractivity contribution < 1.29 is 29.4 Å². The number of hydrogen-bond acceptors (Lipinski definition) is 8. The van der Waals surface area contributed by atoms with Gasteiger partial charge in [0.05, 0.1) is 18.5 Å². The van der Waals surface area contributed by atoms with E-state index in [-0.39, 0.29) is 67.5 Å². The predicted octanol–water partition coefficient (Wildman–Crippen LogP) is 1.57. The van der Waals surface area contributed by atoms with Gasteiger partial charge < -0.3 is 42.6 Å². The molecule has 3 saturated heterocycles. The van der Waals surface area contributed by atoms with Crippen molar-refractivity contribution in [2.45, 2.75) is 69.8 Å². The van der Waals surface area contributed by atoms with Crippen LogP contribution in [0.3, 0.4) is 0 Å². The maximum atomic E-state index is 12.7. The molecule has 1 aromatic rings. The van der Waals surface area contributed by atoms with Gasteiger partial charge in [0.25, 0.3) is 5.91 Å². The highest BCUT2D eigenvalue weighted by atomic mass is 32.2. The molecule has 0 bridgehead atoms. The molecule has 1 aromatic heterocycles. The number of carbonyl (C=O) groups is 4. The number of rotatable bonds is 13. The van der Waals surface area contributed by atoms with E-state index in [0.717, 1.165) is 33.8 Å². The number of thioether (sulfide) groups is 1. The summed E-state index contributed by atoms with van der Waals surface area (Å²) in [4.78, 5) is 52.0. The van der Waals surface area contributed by atoms with E-state index in [1.807, 2.05) is 44.7 Å². The third-order valence-electron chi connectivity index (χ3n) is 9.98. The average Bonchev–Trinajstić information content (AvgIpc) is 3.52. The van der Waals surface area contributed by atoms with Crippen molar-refractivity contribution in [3.8, 4) is 0 Å². The molecule has 0 aromatic carbocycles. The smallest absolute Gasteiger partial charge is 0.304 e. The number of carboxylic acid groups (broad SMARTS) is 2. The van der Waals surface area contributed by atoms with Crippen LogP contribution in [0.15, 0.2) is 41.3 Å². The van der Waals surface area contributed by atoms with Gasteiger partial charge >= 0.3 is 11.9 Å². The van der Waals surface area contributed by atoms with Gasteiger partial charge in [-0.1, -0.05) is 19.6 Å². The third kappa shape index (κ3) is 6.67. The van der Waals surface area contributed by atoms with Crippen molar-refractivity contribution in [2.24, 2.45) is 35.1 Å². The van der Waals surface area contributed by atoms with Gasteiger partial charge in [-0.3, -0.25) is 19.2 Å². The fraction of sp³-hybridized carbons (Fsp3) is 0.515. The van der Waals surface area contributed by atoms with Crippen LogP contribution in [0.1, 0.15) is 49.2 Å². The quantitative estimate of drug-likeness (QED) is 0.144. The molecule has 0 radical (unpaired) electrons. The first-order valence-corrected chi connectivity index (χ1v) is 16.7. The number of nitrogens with two attached hydrogens (primary N) is 2. The molecule has 248 valence electrons. The van der Waals surface area contributed by atoms with Gasteiger partial charge in [-0.15, -0.1) is 0 Å². The topological polar surface area (TPSA) is 213 Å². The zero-order valence-electron chi connectivity index (χ0n) is 26.4. The number of carbonyl (C=O) groups excluding carboxylic acids is 2. The van der Waals surface area contributed by atoms with Gasteiger partial charge in [0.2, 0.25) is 5.91 Å². The molecule has 13 heteroatoms. The molecule has 5 heterocycles. The number of nitrogens with one attached hydrogen (secondary N) is 4. The van der Waals surface area contributed by atoms with Gasteiger partial charge in [0.15, 0.2) is 0 Å². The lowest BCUT2D eigenvalue weighted by molar-refractivity contribution is -0.138. The van der Waals surface area contributed by atoms with Crippen molar-refractivity contribution in [1.82, 2.24) is 20.9 Å². The molecule has 5 rings (SSSR count). The van der Waals surface area contributed by atoms with Crippen LogP contribution < -0.4 is 27.4 Å². The fourth-order valence-corrected chi connectivity index (χ4v) is 8.32. The van der Waals surface area contributed by atoms with Crippen LogP contribution in [-0.2, 0) is 32.0 Å². The highest BCUT2D eigenvalue weighted by molar-refractivity contribution is 8.06. The Morgan fingerprint density at radius 2 is 1.87 bits per heavy atom. The first-order chi connectivity index (χ1) is 21.8. The maximum Gasteiger partial charge on any atom is 0.304 e. The lowest BCUT2D eigenvalue weighted by atomic mass is 9.82. The number of aromatic amines is 1. The molecule has 0 spiro atoms. The van der Waals surface area contributed by atoms with E-state index in [0.29, 0.717) is 28.6 Å². The molecule has 2 unspecified atom stereocenters. The lowest BCUT2D eigenvalue weighted by Crippen LogP contribution is -2.38. The van der Waals surface area contributed by atoms with Gasteiger partial charge in [-0.05, 0) is 49.1 Å². The summed E-state index contributed by atoms with van der Waals surface area (Å²) in [7, 11) is 0. The molecule has 0 saturated carbocycles. The number of carboxylic acids is 2. The first kappa shape index (κ1) is 33.6. The van der Waals surface area contributed by atoms with Crippen LogP contribution in [0.2, 0.25) is 0 Å². The van der Waals surface area contributed by atoms with Crippen molar-refractivity contribution in [3.05, 3.63) is 63.8 Å². The Hall–Kier alpha value is -3.81. The van der Waals surface area contributed by atoms with Crippen LogP contribution in [-0.4, -0.2) is 74.6 Å². The Labute approximate surface area is 272 Å². The van der Waals surface area contributed by atoms with Crippen LogP contribution in [0.25, 0.3) is 6.08 Å². The number of amides is 2. The van der Waals surface area contributed by atoms with Gasteiger partial charge in [-0.25, -0.2) is 0 Å². The van der Waals surface area contributed by atoms with Crippen molar-refractivity contribution in [3.63, 3.8) is 0 Å². The molecular formula is C33H44N6O6S. The SMILES string of the molecule is C=CC1=C(C)[C@@H](Cc2[nH]c(/C=C3\N/C(=C/[C@@H]4NC(=O)[C@H](C)[C@H]4[C@@H]4CS4)C(CN)C3[C@@H](N)CC(=O)O)c(CCC(=O)O)c2C)NC1=O. The van der Waals surface area contributed by atoms with Gasteiger partial charge in [0, 0.05) is 88.5 Å². The zero-order chi connectivity index (χ0) is 33.4. The van der Waals surface area contributed by atoms with E-state index in [4.69, 9.17) is 11.5 Å². The summed E-state index contributed by atoms with van der Waals surface area (Å²) in [5.74, 6) is -1.88. The summed E-state index contributed by atoms with van der Waals surface area (Å²) in [6.07, 6.45) is 5.84. The molecule has 0 aliphatic carbocycles. The normalized spacial score (nSPS) is 31.3. The van der Waals surface area contributed by atoms with E-state index >= 15 is 0 Å². The Morgan fingerprint density at radius 1 is 1.15 bits per heavy atom. The van der Waals surface area contributed by atoms with E-state index in [1.54, 1.807) is 6.08 Å². The molecular weight excluding hydrogens is 608 g/mol. The minimum atomic E-state index is -1.02. The molecule has 46 heavy (non-hydrogen) atoms. The zero-order valence-corrected chi connectivity index (χ0v) is 27.2. The van der Waals surface area contributed by atoms with Crippen LogP contribution in [0.5, 0.6) is 0 Å². The average molecular weight is 653 g/mol. The van der Waals surface area contributed by atoms with E-state index in [1.165, 1.54) is 0 Å². The second kappa shape index (κ2) is 13.5. The largest absolute Gasteiger partial charge is 0.481 e. The highest BCUT2D eigenvalue weighted by Crippen LogP contribution is 2.45. The number of aliphatic carboxylic acids is 2. The number of hydrogen-bond donors (Lipinski definition) is 8. The molecule has 4 aliphatic rings. The number of aromatic nitrogens is 1. The van der Waals surface area contributed by atoms with Crippen molar-refractivity contribution in [1.29, 1.82) is 0 Å². The molecule has 3 fully saturated rings. The third-order valence-corrected chi connectivity index (χ3v) is 11.0. The molecule has 4 aliphatic heterocycles. The first-order valence-electron chi connectivity index (χ1n) is 15.7. The predicted molar refractivity (Wildman–Crippen MR) is 176 cm³/mol. The van der Waals surface area contributed by atoms with E-state index in [9.17, 15) is 29.4 Å². The Bertz CT molecular complexity index is 1540. The summed E-state index contributed by atoms with van der Waals surface area (Å²) in [5, 5.41) is 29.2. The van der Waals surface area contributed by atoms with E-state index < -0.39 is 23.9 Å². The molecule has 10 N–H and O–H groups in total. The Kier molecular flexibility index (Phi) is 9.85. The molecule has 2 amide bonds. The molecule has 8 atom stereocenters. The summed E-state index contributed by atoms with van der Waals surface area (Å²) in [6.45, 7) is 9.73. The van der Waals surface area contributed by atoms with E-state index in [2.05, 4.69) is 27.5 Å². The fourth-order valence-electron chi connectivity index (χ4n) is 7.36. The monoisotopic (exact) mass is 652 g/mol. The summed E-state index contributed by atoms with van der Waals surface area (Å²) < 4.78 is 0. The standard InChI is InChI=1S/C33H44N6O6S/c1-5-17-14(2)22(38-33(17)45)9-21-15(3)18(6-7-28(40)41)23(36-21)10-26-31(20(35)8-29(42)43)19(12-34)24(37-26)11-25-30(27-13-46-27)16(4)32(44)39-25/h5,10-11,16,19-20,22,25,27,30-31,36-37H,1,6-9,12-13,34-35H2,2-4H3,(H,38,45)(H,39,44)(H,40,41)(H,42,43)/b24-11+,26-10-/t16-,19?,20+,22-,25+,27+,30-,31?/m1/s1. The maximum absolute atomic E-state index is 12.7. The summed E-state index contributed by atoms with van der Waals surface area (Å²) in [5.41, 5.74) is 19.0. The Balaban J connectivity index is 1.55. The highest BCUT2D eigenvalue weighted by Gasteiger charge is 2.48. The van der Waals surface area contributed by atoms with Crippen LogP contribution >= 0.6 is 11.8 Å². The number of H-pyrrole nitrogens is 1. The van der Waals surface area contributed by atoms with Crippen LogP contribution in [0.4, 0.5) is 0 Å². The summed E-state index contributed by atoms with van der Waals surface area (Å²) in [6, 6.07) is -1.21. The summed E-state index contributed by atoms with van der Waals surface area (Å²) >= 11 is 1.84. The van der Waals surface area contributed by atoms with Gasteiger partial charge in [0.1, 0.15) is 0 Å². The van der Waals surface area contributed by atoms with Crippen molar-refractivity contribution >= 4 is 41.6 Å². The second-order valence-corrected chi connectivity index (χ2v) is 14.1. The minimum absolute atomic E-state index is 0.0118. The molecule has 12 nitrogen and oxygen atoms in total. The Morgan fingerprint density at radius 3 is 2.46 bits per heavy atom. The second-order valence-electron chi connectivity index (χ2n) is 12.8. The van der Waals surface area contributed by atoms with Crippen molar-refractivity contribution in [2.75, 3.05) is 12.3 Å². The van der Waals surface area contributed by atoms with Gasteiger partial charge in [-0.2, -0.15) is 11.8 Å².